The van der Waals surface area contributed by atoms with Crippen LogP contribution >= 0.6 is 0 Å². The average molecular weight is 125 g/mol. The molecule has 1 aliphatic heterocycles. The molecule has 0 unspecified atom stereocenters. The van der Waals surface area contributed by atoms with Crippen molar-refractivity contribution < 1.29 is 6.22 Å². The molecule has 0 aliphatic carbocycles. The first kappa shape index (κ1) is 6.08. The van der Waals surface area contributed by atoms with Gasteiger partial charge in [0.15, 0.2) is 0 Å². The molecule has 0 atom stereocenters. The van der Waals surface area contributed by atoms with Gasteiger partial charge in [0.05, 0.1) is 6.42 Å². The second-order valence-corrected chi connectivity index (χ2v) is 2.03. The number of carbonyl (C=O) groups is 1. The van der Waals surface area contributed by atoms with Crippen molar-refractivity contribution in [2.24, 2.45) is 0 Å². The average Bonchev–Trinajstić information content (AvgIpc) is 2.10. The molecule has 0 aromatic heterocycles. The number of hydrogen-bond acceptors (Lipinski definition) is 1. The van der Waals surface area contributed by atoms with E-state index in [2.05, 4.69) is 11.9 Å². The van der Waals surface area contributed by atoms with Gasteiger partial charge >= 0.3 is 0 Å². The summed E-state index contributed by atoms with van der Waals surface area (Å²) in [5.41, 5.74) is 1.77. The highest BCUT2D eigenvalue weighted by atomic mass is 16.1. The number of amides is 1. The molecule has 1 rings (SSSR count). The SMILES string of the molecule is C=C1CC(=O)N/C1=C/C.[HH]. The Kier molecular flexibility index (Phi) is 1.39. The van der Waals surface area contributed by atoms with Gasteiger partial charge in [-0.3, -0.25) is 4.79 Å². The van der Waals surface area contributed by atoms with E-state index in [1.54, 1.807) is 0 Å². The van der Waals surface area contributed by atoms with Crippen molar-refractivity contribution in [3.63, 3.8) is 0 Å². The third kappa shape index (κ3) is 1.02. The molecule has 2 nitrogen and oxygen atoms in total. The largest absolute Gasteiger partial charge is 0.326 e. The Labute approximate surface area is 55.7 Å². The lowest BCUT2D eigenvalue weighted by atomic mass is 10.2. The molecule has 1 heterocycles. The standard InChI is InChI=1S/C7H9NO.H2/c1-3-6-5(2)4-7(9)8-6;/h3H,2,4H2,1H3,(H,8,9);1H/b6-3+;. The Balaban J connectivity index is 0.000000810. The molecule has 1 fully saturated rings. The molecular weight excluding hydrogens is 114 g/mol. The summed E-state index contributed by atoms with van der Waals surface area (Å²) in [5.74, 6) is 0.0492. The van der Waals surface area contributed by atoms with E-state index in [0.29, 0.717) is 6.42 Å². The second kappa shape index (κ2) is 2.05. The summed E-state index contributed by atoms with van der Waals surface area (Å²) >= 11 is 0. The van der Waals surface area contributed by atoms with Gasteiger partial charge in [0.2, 0.25) is 5.91 Å². The van der Waals surface area contributed by atoms with E-state index in [1.165, 1.54) is 0 Å². The lowest BCUT2D eigenvalue weighted by molar-refractivity contribution is -0.118. The van der Waals surface area contributed by atoms with Crippen LogP contribution in [0.1, 0.15) is 14.8 Å². The molecule has 0 saturated carbocycles. The van der Waals surface area contributed by atoms with Crippen LogP contribution in [0.15, 0.2) is 23.9 Å². The first-order valence-electron chi connectivity index (χ1n) is 2.88. The minimum Gasteiger partial charge on any atom is -0.326 e. The van der Waals surface area contributed by atoms with Gasteiger partial charge < -0.3 is 5.32 Å². The molecule has 50 valence electrons. The van der Waals surface area contributed by atoms with Crippen LogP contribution in [0, 0.1) is 0 Å². The molecule has 2 heteroatoms. The number of rotatable bonds is 0. The van der Waals surface area contributed by atoms with Crippen LogP contribution < -0.4 is 5.32 Å². The fourth-order valence-electron chi connectivity index (χ4n) is 0.848. The lowest BCUT2D eigenvalue weighted by Crippen LogP contribution is -2.11. The third-order valence-electron chi connectivity index (χ3n) is 1.32. The van der Waals surface area contributed by atoms with Crippen LogP contribution in [-0.2, 0) is 4.79 Å². The Bertz CT molecular complexity index is 196. The summed E-state index contributed by atoms with van der Waals surface area (Å²) in [6, 6.07) is 0. The van der Waals surface area contributed by atoms with Gasteiger partial charge in [-0.1, -0.05) is 12.7 Å². The molecule has 1 amide bonds. The van der Waals surface area contributed by atoms with Gasteiger partial charge in [-0.2, -0.15) is 0 Å². The molecule has 0 aromatic rings. The highest BCUT2D eigenvalue weighted by Gasteiger charge is 2.16. The highest BCUT2D eigenvalue weighted by Crippen LogP contribution is 2.15. The molecule has 9 heavy (non-hydrogen) atoms. The number of allylic oxidation sites excluding steroid dienone is 2. The zero-order valence-electron chi connectivity index (χ0n) is 5.40. The maximum atomic E-state index is 10.6. The predicted octanol–water partition coefficient (Wildman–Crippen LogP) is 1.21. The van der Waals surface area contributed by atoms with Crippen LogP contribution in [-0.4, -0.2) is 5.91 Å². The molecule has 0 bridgehead atoms. The van der Waals surface area contributed by atoms with E-state index >= 15 is 0 Å². The number of carbonyl (C=O) groups excluding carboxylic acids is 1. The van der Waals surface area contributed by atoms with Crippen molar-refractivity contribution in [2.45, 2.75) is 13.3 Å². The second-order valence-electron chi connectivity index (χ2n) is 2.03. The summed E-state index contributed by atoms with van der Waals surface area (Å²) in [6.45, 7) is 5.59. The van der Waals surface area contributed by atoms with Crippen LogP contribution in [0.2, 0.25) is 0 Å². The lowest BCUT2D eigenvalue weighted by Gasteiger charge is -1.92. The van der Waals surface area contributed by atoms with Crippen molar-refractivity contribution >= 4 is 5.91 Å². The zero-order valence-corrected chi connectivity index (χ0v) is 5.40. The topological polar surface area (TPSA) is 29.1 Å². The summed E-state index contributed by atoms with van der Waals surface area (Å²) in [6.07, 6.45) is 2.31. The van der Waals surface area contributed by atoms with Gasteiger partial charge in [-0.05, 0) is 12.5 Å². The summed E-state index contributed by atoms with van der Waals surface area (Å²) in [4.78, 5) is 10.6. The Morgan fingerprint density at radius 2 is 2.56 bits per heavy atom. The van der Waals surface area contributed by atoms with E-state index in [0.717, 1.165) is 11.3 Å². The molecular formula is C7H11NO. The van der Waals surface area contributed by atoms with E-state index in [9.17, 15) is 4.79 Å². The van der Waals surface area contributed by atoms with Crippen molar-refractivity contribution in [1.82, 2.24) is 5.32 Å². The van der Waals surface area contributed by atoms with E-state index < -0.39 is 0 Å². The van der Waals surface area contributed by atoms with Gasteiger partial charge in [0.25, 0.3) is 0 Å². The fourth-order valence-corrected chi connectivity index (χ4v) is 0.848. The van der Waals surface area contributed by atoms with E-state index in [-0.39, 0.29) is 7.33 Å². The molecule has 1 saturated heterocycles. The maximum absolute atomic E-state index is 10.6. The first-order chi connectivity index (χ1) is 4.24. The van der Waals surface area contributed by atoms with Gasteiger partial charge in [-0.15, -0.1) is 0 Å². The summed E-state index contributed by atoms with van der Waals surface area (Å²) in [5, 5.41) is 2.68. The smallest absolute Gasteiger partial charge is 0.228 e. The molecule has 1 N–H and O–H groups in total. The van der Waals surface area contributed by atoms with Crippen molar-refractivity contribution in [3.05, 3.63) is 23.9 Å². The van der Waals surface area contributed by atoms with Crippen molar-refractivity contribution in [1.29, 1.82) is 0 Å². The normalized spacial score (nSPS) is 23.0. The predicted molar refractivity (Wildman–Crippen MR) is 37.8 cm³/mol. The molecule has 1 aliphatic rings. The molecule has 0 spiro atoms. The van der Waals surface area contributed by atoms with Crippen LogP contribution in [0.4, 0.5) is 0 Å². The Morgan fingerprint density at radius 1 is 1.89 bits per heavy atom. The van der Waals surface area contributed by atoms with Gasteiger partial charge in [-0.25, -0.2) is 0 Å². The zero-order chi connectivity index (χ0) is 6.85. The van der Waals surface area contributed by atoms with Crippen LogP contribution in [0.3, 0.4) is 0 Å². The minimum absolute atomic E-state index is 0. The quantitative estimate of drug-likeness (QED) is 0.518. The summed E-state index contributed by atoms with van der Waals surface area (Å²) < 4.78 is 0. The monoisotopic (exact) mass is 125 g/mol. The van der Waals surface area contributed by atoms with Crippen LogP contribution in [0.5, 0.6) is 0 Å². The number of hydrogen-bond donors (Lipinski definition) is 1. The third-order valence-corrected chi connectivity index (χ3v) is 1.32. The van der Waals surface area contributed by atoms with Gasteiger partial charge in [0, 0.05) is 7.12 Å². The van der Waals surface area contributed by atoms with E-state index in [4.69, 9.17) is 0 Å². The van der Waals surface area contributed by atoms with Crippen molar-refractivity contribution in [3.8, 4) is 0 Å². The van der Waals surface area contributed by atoms with Gasteiger partial charge in [0.1, 0.15) is 0 Å². The minimum atomic E-state index is 0. The first-order valence-corrected chi connectivity index (χ1v) is 2.88. The molecule has 0 aromatic carbocycles. The fraction of sp³-hybridized carbons (Fsp3) is 0.286. The Hall–Kier alpha value is -1.05. The van der Waals surface area contributed by atoms with Crippen LogP contribution in [0.25, 0.3) is 0 Å². The maximum Gasteiger partial charge on any atom is 0.228 e. The van der Waals surface area contributed by atoms with E-state index in [1.807, 2.05) is 13.0 Å². The highest BCUT2D eigenvalue weighted by molar-refractivity contribution is 5.86. The number of nitrogens with one attached hydrogen (secondary N) is 1. The summed E-state index contributed by atoms with van der Waals surface area (Å²) in [7, 11) is 0. The Morgan fingerprint density at radius 3 is 2.78 bits per heavy atom. The van der Waals surface area contributed by atoms with Crippen molar-refractivity contribution in [2.75, 3.05) is 0 Å². The molecule has 0 radical (unpaired) electrons.